The summed E-state index contributed by atoms with van der Waals surface area (Å²) in [6, 6.07) is 2.15. The molecule has 1 aromatic carbocycles. The second-order valence-electron chi connectivity index (χ2n) is 9.68. The number of hydrogen-bond acceptors (Lipinski definition) is 5. The maximum Gasteiger partial charge on any atom is 0.364 e. The summed E-state index contributed by atoms with van der Waals surface area (Å²) in [4.78, 5) is 13.3. The van der Waals surface area contributed by atoms with Gasteiger partial charge in [0, 0.05) is 19.8 Å². The summed E-state index contributed by atoms with van der Waals surface area (Å²) in [7, 11) is 0.790. The van der Waals surface area contributed by atoms with Gasteiger partial charge < -0.3 is 13.8 Å². The molecule has 1 fully saturated rings. The maximum absolute atomic E-state index is 13.3. The number of benzene rings is 1. The Morgan fingerprint density at radius 3 is 2.03 bits per heavy atom. The number of methoxy groups -OCH3 is 1. The topological polar surface area (TPSA) is 61.8 Å². The smallest absolute Gasteiger partial charge is 0.364 e. The molecule has 0 aliphatic heterocycles. The van der Waals surface area contributed by atoms with Crippen molar-refractivity contribution < 1.29 is 23.1 Å². The molecule has 0 bridgehead atoms. The van der Waals surface area contributed by atoms with E-state index < -0.39 is 7.60 Å². The summed E-state index contributed by atoms with van der Waals surface area (Å²) >= 11 is 0. The van der Waals surface area contributed by atoms with Gasteiger partial charge in [0.1, 0.15) is 11.1 Å². The molecule has 0 saturated heterocycles. The molecule has 6 heteroatoms. The predicted molar refractivity (Wildman–Crippen MR) is 129 cm³/mol. The fourth-order valence-corrected chi connectivity index (χ4v) is 6.40. The average molecular weight is 461 g/mol. The Labute approximate surface area is 192 Å². The minimum atomic E-state index is -3.63. The molecule has 3 rings (SSSR count). The molecule has 5 nitrogen and oxygen atoms in total. The highest BCUT2D eigenvalue weighted by atomic mass is 31.2. The Balaban J connectivity index is 2.09. The number of rotatable bonds is 7. The SMILES string of the molecule is COc1c(C(C)(C)C)cc(/C=C/C(=O)C(=C2CCCC2)P(=O)(OC)OC)c2c1CCCC2. The normalized spacial score (nSPS) is 17.0. The molecular formula is C26H37O5P. The third kappa shape index (κ3) is 4.95. The molecule has 0 N–H and O–H groups in total. The lowest BCUT2D eigenvalue weighted by Gasteiger charge is -2.29. The Morgan fingerprint density at radius 1 is 0.938 bits per heavy atom. The van der Waals surface area contributed by atoms with Gasteiger partial charge in [0.15, 0.2) is 5.78 Å². The molecule has 0 unspecified atom stereocenters. The molecule has 0 atom stereocenters. The van der Waals surface area contributed by atoms with E-state index in [1.165, 1.54) is 25.3 Å². The van der Waals surface area contributed by atoms with Crippen molar-refractivity contribution in [3.05, 3.63) is 45.3 Å². The van der Waals surface area contributed by atoms with Crippen molar-refractivity contribution in [1.82, 2.24) is 0 Å². The van der Waals surface area contributed by atoms with Crippen LogP contribution >= 0.6 is 7.60 Å². The van der Waals surface area contributed by atoms with E-state index in [-0.39, 0.29) is 16.5 Å². The lowest BCUT2D eigenvalue weighted by Crippen LogP contribution is -2.17. The van der Waals surface area contributed by atoms with Crippen molar-refractivity contribution in [3.8, 4) is 5.75 Å². The quantitative estimate of drug-likeness (QED) is 0.332. The van der Waals surface area contributed by atoms with E-state index >= 15 is 0 Å². The summed E-state index contributed by atoms with van der Waals surface area (Å²) < 4.78 is 29.5. The van der Waals surface area contributed by atoms with E-state index in [1.807, 2.05) is 6.08 Å². The highest BCUT2D eigenvalue weighted by molar-refractivity contribution is 7.60. The molecule has 2 aliphatic rings. The van der Waals surface area contributed by atoms with Crippen LogP contribution in [0.25, 0.3) is 6.08 Å². The minimum absolute atomic E-state index is 0.0940. The largest absolute Gasteiger partial charge is 0.496 e. The maximum atomic E-state index is 13.3. The number of allylic oxidation sites excluding steroid dienone is 3. The molecule has 1 saturated carbocycles. The molecular weight excluding hydrogens is 423 g/mol. The van der Waals surface area contributed by atoms with Crippen molar-refractivity contribution in [2.75, 3.05) is 21.3 Å². The highest BCUT2D eigenvalue weighted by Crippen LogP contribution is 2.58. The Hall–Kier alpha value is -1.68. The average Bonchev–Trinajstić information content (AvgIpc) is 3.30. The van der Waals surface area contributed by atoms with Crippen LogP contribution in [0.3, 0.4) is 0 Å². The van der Waals surface area contributed by atoms with Gasteiger partial charge in [0.25, 0.3) is 0 Å². The number of carbonyl (C=O) groups excluding carboxylic acids is 1. The van der Waals surface area contributed by atoms with Gasteiger partial charge >= 0.3 is 7.60 Å². The van der Waals surface area contributed by atoms with E-state index in [9.17, 15) is 9.36 Å². The zero-order chi connectivity index (χ0) is 23.5. The van der Waals surface area contributed by atoms with Crippen LogP contribution < -0.4 is 4.74 Å². The van der Waals surface area contributed by atoms with E-state index in [2.05, 4.69) is 26.8 Å². The second kappa shape index (κ2) is 10.1. The molecule has 1 aromatic rings. The van der Waals surface area contributed by atoms with E-state index in [0.717, 1.165) is 73.8 Å². The highest BCUT2D eigenvalue weighted by Gasteiger charge is 2.36. The molecule has 0 radical (unpaired) electrons. The first-order chi connectivity index (χ1) is 15.2. The van der Waals surface area contributed by atoms with E-state index in [0.29, 0.717) is 0 Å². The Morgan fingerprint density at radius 2 is 1.50 bits per heavy atom. The van der Waals surface area contributed by atoms with Crippen LogP contribution in [0.5, 0.6) is 5.75 Å². The molecule has 0 spiro atoms. The number of fused-ring (bicyclic) bond motifs is 1. The van der Waals surface area contributed by atoms with E-state index in [4.69, 9.17) is 13.8 Å². The lowest BCUT2D eigenvalue weighted by molar-refractivity contribution is -0.110. The van der Waals surface area contributed by atoms with Gasteiger partial charge in [-0.2, -0.15) is 0 Å². The number of ether oxygens (including phenoxy) is 1. The summed E-state index contributed by atoms with van der Waals surface area (Å²) in [5, 5.41) is 0.217. The van der Waals surface area contributed by atoms with Crippen LogP contribution in [0, 0.1) is 0 Å². The fourth-order valence-electron chi connectivity index (χ4n) is 4.93. The zero-order valence-corrected chi connectivity index (χ0v) is 21.3. The molecule has 0 aromatic heterocycles. The summed E-state index contributed by atoms with van der Waals surface area (Å²) in [5.74, 6) is 0.694. The van der Waals surface area contributed by atoms with Crippen LogP contribution in [0.15, 0.2) is 23.0 Å². The summed E-state index contributed by atoms with van der Waals surface area (Å²) in [6.45, 7) is 6.53. The van der Waals surface area contributed by atoms with Crippen LogP contribution in [-0.2, 0) is 36.7 Å². The number of carbonyl (C=O) groups is 1. The standard InChI is InChI=1S/C26H37O5P/c1-26(2,3)22-17-19(20-13-9-10-14-21(20)24(22)29-4)15-16-23(27)25(18-11-7-8-12-18)32(28,30-5)31-6/h15-17H,7-14H2,1-6H3/b16-15+. The van der Waals surface area contributed by atoms with Crippen molar-refractivity contribution in [2.24, 2.45) is 0 Å². The van der Waals surface area contributed by atoms with Crippen molar-refractivity contribution >= 4 is 19.5 Å². The Kier molecular flexibility index (Phi) is 7.85. The molecule has 176 valence electrons. The third-order valence-corrected chi connectivity index (χ3v) is 8.64. The van der Waals surface area contributed by atoms with Gasteiger partial charge in [-0.1, -0.05) is 32.4 Å². The molecule has 0 amide bonds. The zero-order valence-electron chi connectivity index (χ0n) is 20.4. The third-order valence-electron chi connectivity index (χ3n) is 6.59. The van der Waals surface area contributed by atoms with Crippen LogP contribution in [-0.4, -0.2) is 27.1 Å². The van der Waals surface area contributed by atoms with Crippen molar-refractivity contribution in [1.29, 1.82) is 0 Å². The number of hydrogen-bond donors (Lipinski definition) is 0. The first-order valence-electron chi connectivity index (χ1n) is 11.6. The molecule has 2 aliphatic carbocycles. The van der Waals surface area contributed by atoms with Gasteiger partial charge in [-0.05, 0) is 85.6 Å². The second-order valence-corrected chi connectivity index (χ2v) is 11.9. The monoisotopic (exact) mass is 460 g/mol. The molecule has 32 heavy (non-hydrogen) atoms. The van der Waals surface area contributed by atoms with Gasteiger partial charge in [0.05, 0.1) is 7.11 Å². The van der Waals surface area contributed by atoms with Crippen molar-refractivity contribution in [2.45, 2.75) is 77.6 Å². The van der Waals surface area contributed by atoms with Crippen LogP contribution in [0.2, 0.25) is 0 Å². The first kappa shape index (κ1) is 25.0. The first-order valence-corrected chi connectivity index (χ1v) is 13.1. The summed E-state index contributed by atoms with van der Waals surface area (Å²) in [6.07, 6.45) is 11.1. The van der Waals surface area contributed by atoms with Crippen LogP contribution in [0.4, 0.5) is 0 Å². The Bertz CT molecular complexity index is 965. The van der Waals surface area contributed by atoms with Gasteiger partial charge in [-0.25, -0.2) is 0 Å². The lowest BCUT2D eigenvalue weighted by atomic mass is 9.78. The minimum Gasteiger partial charge on any atom is -0.496 e. The van der Waals surface area contributed by atoms with Gasteiger partial charge in [-0.3, -0.25) is 9.36 Å². The van der Waals surface area contributed by atoms with Gasteiger partial charge in [0.2, 0.25) is 0 Å². The van der Waals surface area contributed by atoms with Gasteiger partial charge in [-0.15, -0.1) is 0 Å². The number of ketones is 1. The predicted octanol–water partition coefficient (Wildman–Crippen LogP) is 6.77. The van der Waals surface area contributed by atoms with Crippen LogP contribution in [0.1, 0.15) is 81.5 Å². The van der Waals surface area contributed by atoms with Crippen molar-refractivity contribution in [3.63, 3.8) is 0 Å². The molecule has 0 heterocycles. The van der Waals surface area contributed by atoms with E-state index in [1.54, 1.807) is 13.2 Å². The summed E-state index contributed by atoms with van der Waals surface area (Å²) in [5.41, 5.74) is 5.50. The fraction of sp³-hybridized carbons (Fsp3) is 0.577.